The van der Waals surface area contributed by atoms with Crippen LogP contribution in [-0.2, 0) is 6.42 Å². The van der Waals surface area contributed by atoms with Gasteiger partial charge in [-0.3, -0.25) is 0 Å². The van der Waals surface area contributed by atoms with E-state index in [4.69, 9.17) is 16.7 Å². The third-order valence-electron chi connectivity index (χ3n) is 3.67. The molecule has 102 valence electrons. The summed E-state index contributed by atoms with van der Waals surface area (Å²) in [5.41, 5.74) is 3.53. The summed E-state index contributed by atoms with van der Waals surface area (Å²) in [6.07, 6.45) is 0.981. The molecule has 20 heavy (non-hydrogen) atoms. The molecule has 1 N–H and O–H groups in total. The number of carboxylic acid groups (broad SMARTS) is 1. The maximum atomic E-state index is 11.0. The number of benzene rings is 2. The molecule has 4 heteroatoms. The molecule has 0 saturated carbocycles. The SMILES string of the molecule is CC1Cc2ccccc2N1c1ccc(C(=O)O)c(Cl)c1. The second-order valence-electron chi connectivity index (χ2n) is 5.02. The number of anilines is 2. The van der Waals surface area contributed by atoms with E-state index in [-0.39, 0.29) is 10.6 Å². The van der Waals surface area contributed by atoms with Gasteiger partial charge in [0.15, 0.2) is 0 Å². The molecule has 0 bridgehead atoms. The van der Waals surface area contributed by atoms with E-state index in [1.165, 1.54) is 11.3 Å². The van der Waals surface area contributed by atoms with E-state index in [0.717, 1.165) is 12.1 Å². The monoisotopic (exact) mass is 287 g/mol. The minimum absolute atomic E-state index is 0.135. The lowest BCUT2D eigenvalue weighted by molar-refractivity contribution is 0.0697. The Balaban J connectivity index is 2.06. The van der Waals surface area contributed by atoms with E-state index in [0.29, 0.717) is 6.04 Å². The number of carbonyl (C=O) groups is 1. The number of aromatic carboxylic acids is 1. The van der Waals surface area contributed by atoms with Crippen LogP contribution in [0.5, 0.6) is 0 Å². The number of hydrogen-bond acceptors (Lipinski definition) is 2. The van der Waals surface area contributed by atoms with Crippen LogP contribution in [0.2, 0.25) is 5.02 Å². The smallest absolute Gasteiger partial charge is 0.337 e. The molecule has 1 atom stereocenters. The van der Waals surface area contributed by atoms with Crippen LogP contribution in [0.15, 0.2) is 42.5 Å². The molecule has 0 aliphatic carbocycles. The van der Waals surface area contributed by atoms with Crippen LogP contribution in [-0.4, -0.2) is 17.1 Å². The molecule has 0 saturated heterocycles. The highest BCUT2D eigenvalue weighted by Crippen LogP contribution is 2.39. The Labute approximate surface area is 122 Å². The zero-order valence-corrected chi connectivity index (χ0v) is 11.8. The number of halogens is 1. The van der Waals surface area contributed by atoms with Crippen LogP contribution < -0.4 is 4.90 Å². The average molecular weight is 288 g/mol. The normalized spacial score (nSPS) is 17.1. The van der Waals surface area contributed by atoms with Gasteiger partial charge < -0.3 is 10.0 Å². The molecule has 1 aliphatic rings. The lowest BCUT2D eigenvalue weighted by Crippen LogP contribution is -2.23. The van der Waals surface area contributed by atoms with Crippen molar-refractivity contribution in [3.05, 3.63) is 58.6 Å². The van der Waals surface area contributed by atoms with E-state index >= 15 is 0 Å². The number of hydrogen-bond donors (Lipinski definition) is 1. The summed E-state index contributed by atoms with van der Waals surface area (Å²) in [5.74, 6) is -1.00. The first kappa shape index (κ1) is 13.0. The van der Waals surface area contributed by atoms with E-state index in [1.54, 1.807) is 12.1 Å². The first-order valence-electron chi connectivity index (χ1n) is 6.48. The molecular weight excluding hydrogens is 274 g/mol. The van der Waals surface area contributed by atoms with Gasteiger partial charge in [0, 0.05) is 17.4 Å². The summed E-state index contributed by atoms with van der Waals surface area (Å²) in [6, 6.07) is 13.7. The lowest BCUT2D eigenvalue weighted by Gasteiger charge is -2.25. The molecule has 1 heterocycles. The van der Waals surface area contributed by atoms with Crippen molar-refractivity contribution in [1.82, 2.24) is 0 Å². The Morgan fingerprint density at radius 2 is 2.05 bits per heavy atom. The number of carboxylic acids is 1. The van der Waals surface area contributed by atoms with Crippen LogP contribution in [0.4, 0.5) is 11.4 Å². The number of fused-ring (bicyclic) bond motifs is 1. The molecular formula is C16H14ClNO2. The molecule has 2 aromatic carbocycles. The fourth-order valence-corrected chi connectivity index (χ4v) is 3.04. The van der Waals surface area contributed by atoms with Crippen LogP contribution in [0, 0.1) is 0 Å². The van der Waals surface area contributed by atoms with Gasteiger partial charge >= 0.3 is 5.97 Å². The third kappa shape index (κ3) is 2.04. The van der Waals surface area contributed by atoms with E-state index in [1.807, 2.05) is 18.2 Å². The molecule has 0 aromatic heterocycles. The van der Waals surface area contributed by atoms with Gasteiger partial charge in [0.25, 0.3) is 0 Å². The van der Waals surface area contributed by atoms with Gasteiger partial charge in [-0.05, 0) is 43.2 Å². The Bertz CT molecular complexity index is 684. The molecule has 0 amide bonds. The predicted octanol–water partition coefficient (Wildman–Crippen LogP) is 4.12. The number of nitrogens with zero attached hydrogens (tertiary/aromatic N) is 1. The molecule has 0 radical (unpaired) electrons. The van der Waals surface area contributed by atoms with Crippen molar-refractivity contribution in [2.45, 2.75) is 19.4 Å². The maximum Gasteiger partial charge on any atom is 0.337 e. The van der Waals surface area contributed by atoms with Gasteiger partial charge in [-0.15, -0.1) is 0 Å². The highest BCUT2D eigenvalue weighted by molar-refractivity contribution is 6.33. The second-order valence-corrected chi connectivity index (χ2v) is 5.43. The topological polar surface area (TPSA) is 40.5 Å². The van der Waals surface area contributed by atoms with Gasteiger partial charge in [-0.1, -0.05) is 29.8 Å². The zero-order valence-electron chi connectivity index (χ0n) is 11.0. The van der Waals surface area contributed by atoms with Crippen molar-refractivity contribution in [2.75, 3.05) is 4.90 Å². The van der Waals surface area contributed by atoms with Crippen molar-refractivity contribution in [2.24, 2.45) is 0 Å². The third-order valence-corrected chi connectivity index (χ3v) is 3.98. The number of rotatable bonds is 2. The molecule has 1 aliphatic heterocycles. The second kappa shape index (κ2) is 4.84. The maximum absolute atomic E-state index is 11.0. The van der Waals surface area contributed by atoms with Gasteiger partial charge in [0.1, 0.15) is 0 Å². The summed E-state index contributed by atoms with van der Waals surface area (Å²) >= 11 is 6.07. The van der Waals surface area contributed by atoms with Crippen LogP contribution >= 0.6 is 11.6 Å². The highest BCUT2D eigenvalue weighted by atomic mass is 35.5. The first-order chi connectivity index (χ1) is 9.58. The molecule has 0 spiro atoms. The number of para-hydroxylation sites is 1. The summed E-state index contributed by atoms with van der Waals surface area (Å²) in [4.78, 5) is 13.2. The van der Waals surface area contributed by atoms with E-state index < -0.39 is 5.97 Å². The van der Waals surface area contributed by atoms with Gasteiger partial charge in [0.2, 0.25) is 0 Å². The standard InChI is InChI=1S/C16H14ClNO2/c1-10-8-11-4-2-3-5-15(11)18(10)12-6-7-13(16(19)20)14(17)9-12/h2-7,9-10H,8H2,1H3,(H,19,20). The molecule has 3 nitrogen and oxygen atoms in total. The minimum atomic E-state index is -1.00. The Kier molecular flexibility index (Phi) is 3.14. The Morgan fingerprint density at radius 1 is 1.30 bits per heavy atom. The minimum Gasteiger partial charge on any atom is -0.478 e. The van der Waals surface area contributed by atoms with Crippen LogP contribution in [0.25, 0.3) is 0 Å². The molecule has 0 fully saturated rings. The quantitative estimate of drug-likeness (QED) is 0.903. The lowest BCUT2D eigenvalue weighted by atomic mass is 10.1. The molecule has 3 rings (SSSR count). The van der Waals surface area contributed by atoms with Crippen molar-refractivity contribution >= 4 is 28.9 Å². The molecule has 2 aromatic rings. The summed E-state index contributed by atoms with van der Waals surface area (Å²) in [6.45, 7) is 2.15. The van der Waals surface area contributed by atoms with Crippen molar-refractivity contribution < 1.29 is 9.90 Å². The first-order valence-corrected chi connectivity index (χ1v) is 6.85. The largest absolute Gasteiger partial charge is 0.478 e. The van der Waals surface area contributed by atoms with Crippen LogP contribution in [0.1, 0.15) is 22.8 Å². The van der Waals surface area contributed by atoms with Gasteiger partial charge in [-0.2, -0.15) is 0 Å². The summed E-state index contributed by atoms with van der Waals surface area (Å²) in [5, 5.41) is 9.30. The highest BCUT2D eigenvalue weighted by Gasteiger charge is 2.27. The van der Waals surface area contributed by atoms with E-state index in [2.05, 4.69) is 24.0 Å². The predicted molar refractivity (Wildman–Crippen MR) is 80.2 cm³/mol. The Hall–Kier alpha value is -2.00. The van der Waals surface area contributed by atoms with Crippen molar-refractivity contribution in [3.63, 3.8) is 0 Å². The van der Waals surface area contributed by atoms with E-state index in [9.17, 15) is 4.79 Å². The summed E-state index contributed by atoms with van der Waals surface area (Å²) < 4.78 is 0. The zero-order chi connectivity index (χ0) is 14.3. The Morgan fingerprint density at radius 3 is 2.75 bits per heavy atom. The molecule has 1 unspecified atom stereocenters. The van der Waals surface area contributed by atoms with Crippen molar-refractivity contribution in [1.29, 1.82) is 0 Å². The fourth-order valence-electron chi connectivity index (χ4n) is 2.79. The fraction of sp³-hybridized carbons (Fsp3) is 0.188. The van der Waals surface area contributed by atoms with Gasteiger partial charge in [-0.25, -0.2) is 4.79 Å². The summed E-state index contributed by atoms with van der Waals surface area (Å²) in [7, 11) is 0. The van der Waals surface area contributed by atoms with Gasteiger partial charge in [0.05, 0.1) is 10.6 Å². The van der Waals surface area contributed by atoms with Crippen LogP contribution in [0.3, 0.4) is 0 Å². The van der Waals surface area contributed by atoms with Crippen molar-refractivity contribution in [3.8, 4) is 0 Å². The average Bonchev–Trinajstić information content (AvgIpc) is 2.73.